The van der Waals surface area contributed by atoms with Gasteiger partial charge in [0.2, 0.25) is 0 Å². The third kappa shape index (κ3) is 6.27. The highest BCUT2D eigenvalue weighted by atomic mass is 35.5. The summed E-state index contributed by atoms with van der Waals surface area (Å²) < 4.78 is 38.7. The van der Waals surface area contributed by atoms with Crippen molar-refractivity contribution in [2.24, 2.45) is 10.7 Å². The Morgan fingerprint density at radius 2 is 1.87 bits per heavy atom. The minimum atomic E-state index is -4.43. The highest BCUT2D eigenvalue weighted by molar-refractivity contribution is 6.28. The van der Waals surface area contributed by atoms with Crippen molar-refractivity contribution in [2.45, 2.75) is 12.6 Å². The molecule has 0 unspecified atom stereocenters. The molecule has 0 fully saturated rings. The van der Waals surface area contributed by atoms with Crippen molar-refractivity contribution in [3.05, 3.63) is 23.8 Å². The molecule has 0 aliphatic carbocycles. The van der Waals surface area contributed by atoms with E-state index in [1.165, 1.54) is 6.07 Å². The van der Waals surface area contributed by atoms with E-state index in [9.17, 15) is 13.2 Å². The molecule has 2 N–H and O–H groups in total. The monoisotopic (exact) mass is 350 g/mol. The molecule has 130 valence electrons. The number of hydrogen-bond donors (Lipinski definition) is 1. The average Bonchev–Trinajstić information content (AvgIpc) is 2.45. The zero-order valence-electron chi connectivity index (χ0n) is 13.5. The highest BCUT2D eigenvalue weighted by Gasteiger charge is 2.31. The van der Waals surface area contributed by atoms with Crippen molar-refractivity contribution in [2.75, 3.05) is 45.0 Å². The van der Waals surface area contributed by atoms with Gasteiger partial charge in [0.25, 0.3) is 0 Å². The minimum absolute atomic E-state index is 0.0416. The Labute approximate surface area is 139 Å². The predicted octanol–water partition coefficient (Wildman–Crippen LogP) is 3.32. The van der Waals surface area contributed by atoms with Crippen LogP contribution in [0.3, 0.4) is 0 Å². The second kappa shape index (κ2) is 8.40. The molecule has 0 saturated carbocycles. The fourth-order valence-electron chi connectivity index (χ4n) is 2.04. The highest BCUT2D eigenvalue weighted by Crippen LogP contribution is 2.36. The maximum absolute atomic E-state index is 12.9. The van der Waals surface area contributed by atoms with E-state index in [0.717, 1.165) is 25.1 Å². The summed E-state index contributed by atoms with van der Waals surface area (Å²) >= 11 is 5.58. The quantitative estimate of drug-likeness (QED) is 0.466. The molecule has 23 heavy (non-hydrogen) atoms. The lowest BCUT2D eigenvalue weighted by atomic mass is 10.1. The standard InChI is InChI=1S/C15H22ClF3N4/c1-22(2)7-4-8-23(3)13-6-5-11(15(17,18)19)9-12(13)21-14(20)10-16/h5-6,9H,4,7-8,10H2,1-3H3,(H2,20,21). The number of nitrogens with two attached hydrogens (primary N) is 1. The average molecular weight is 351 g/mol. The molecule has 0 heterocycles. The molecule has 0 aromatic heterocycles. The maximum atomic E-state index is 12.9. The summed E-state index contributed by atoms with van der Waals surface area (Å²) in [6, 6.07) is 3.46. The number of aliphatic imine (C=N–C) groups is 1. The van der Waals surface area contributed by atoms with Crippen LogP contribution in [0.5, 0.6) is 0 Å². The SMILES string of the molecule is CN(C)CCCN(C)c1ccc(C(F)(F)F)cc1N=C(N)CCl. The Morgan fingerprint density at radius 3 is 2.39 bits per heavy atom. The molecule has 0 aliphatic heterocycles. The lowest BCUT2D eigenvalue weighted by molar-refractivity contribution is -0.137. The Balaban J connectivity index is 3.09. The number of anilines is 1. The first-order valence-corrected chi connectivity index (χ1v) is 7.64. The van der Waals surface area contributed by atoms with Crippen LogP contribution in [0, 0.1) is 0 Å². The molecule has 0 aliphatic rings. The van der Waals surface area contributed by atoms with Gasteiger partial charge in [0.1, 0.15) is 5.84 Å². The minimum Gasteiger partial charge on any atom is -0.386 e. The summed E-state index contributed by atoms with van der Waals surface area (Å²) in [6.07, 6.45) is -3.55. The van der Waals surface area contributed by atoms with Crippen LogP contribution >= 0.6 is 11.6 Å². The molecule has 1 aromatic carbocycles. The van der Waals surface area contributed by atoms with Crippen molar-refractivity contribution < 1.29 is 13.2 Å². The number of alkyl halides is 4. The summed E-state index contributed by atoms with van der Waals surface area (Å²) in [5.41, 5.74) is 5.58. The van der Waals surface area contributed by atoms with Gasteiger partial charge in [-0.1, -0.05) is 0 Å². The number of benzene rings is 1. The molecular formula is C15H22ClF3N4. The van der Waals surface area contributed by atoms with Crippen molar-refractivity contribution in [1.29, 1.82) is 0 Å². The fourth-order valence-corrected chi connectivity index (χ4v) is 2.10. The van der Waals surface area contributed by atoms with Gasteiger partial charge in [0, 0.05) is 13.6 Å². The van der Waals surface area contributed by atoms with Crippen LogP contribution in [0.15, 0.2) is 23.2 Å². The van der Waals surface area contributed by atoms with Crippen molar-refractivity contribution in [3.8, 4) is 0 Å². The van der Waals surface area contributed by atoms with E-state index >= 15 is 0 Å². The summed E-state index contributed by atoms with van der Waals surface area (Å²) in [6.45, 7) is 1.57. The van der Waals surface area contributed by atoms with Crippen molar-refractivity contribution in [1.82, 2.24) is 4.90 Å². The van der Waals surface area contributed by atoms with Gasteiger partial charge < -0.3 is 15.5 Å². The summed E-state index contributed by atoms with van der Waals surface area (Å²) in [7, 11) is 5.75. The van der Waals surface area contributed by atoms with Gasteiger partial charge in [-0.05, 0) is 45.3 Å². The van der Waals surface area contributed by atoms with Crippen LogP contribution in [-0.4, -0.2) is 50.8 Å². The molecule has 0 atom stereocenters. The van der Waals surface area contributed by atoms with Crippen LogP contribution in [0.1, 0.15) is 12.0 Å². The first-order chi connectivity index (χ1) is 10.6. The number of amidine groups is 1. The molecule has 0 amide bonds. The molecule has 0 spiro atoms. The molecule has 8 heteroatoms. The number of nitrogens with zero attached hydrogens (tertiary/aromatic N) is 3. The number of hydrogen-bond acceptors (Lipinski definition) is 3. The van der Waals surface area contributed by atoms with Crippen molar-refractivity contribution in [3.63, 3.8) is 0 Å². The third-order valence-electron chi connectivity index (χ3n) is 3.21. The smallest absolute Gasteiger partial charge is 0.386 e. The van der Waals surface area contributed by atoms with E-state index in [-0.39, 0.29) is 17.4 Å². The van der Waals surface area contributed by atoms with E-state index in [2.05, 4.69) is 4.99 Å². The van der Waals surface area contributed by atoms with Crippen LogP contribution < -0.4 is 10.6 Å². The van der Waals surface area contributed by atoms with Gasteiger partial charge in [0.05, 0.1) is 22.8 Å². The number of rotatable bonds is 7. The molecule has 4 nitrogen and oxygen atoms in total. The van der Waals surface area contributed by atoms with Crippen molar-refractivity contribution >= 4 is 28.8 Å². The molecule has 0 saturated heterocycles. The van der Waals surface area contributed by atoms with Crippen LogP contribution in [-0.2, 0) is 6.18 Å². The summed E-state index contributed by atoms with van der Waals surface area (Å²) in [5.74, 6) is 0.0361. The molecular weight excluding hydrogens is 329 g/mol. The molecule has 1 aromatic rings. The lowest BCUT2D eigenvalue weighted by Crippen LogP contribution is -2.23. The first-order valence-electron chi connectivity index (χ1n) is 7.11. The fraction of sp³-hybridized carbons (Fsp3) is 0.533. The van der Waals surface area contributed by atoms with Gasteiger partial charge in [-0.2, -0.15) is 13.2 Å². The predicted molar refractivity (Wildman–Crippen MR) is 89.9 cm³/mol. The van der Waals surface area contributed by atoms with E-state index < -0.39 is 11.7 Å². The molecule has 0 bridgehead atoms. The topological polar surface area (TPSA) is 44.9 Å². The molecule has 0 radical (unpaired) electrons. The zero-order chi connectivity index (χ0) is 17.6. The largest absolute Gasteiger partial charge is 0.416 e. The van der Waals surface area contributed by atoms with Crippen LogP contribution in [0.2, 0.25) is 0 Å². The lowest BCUT2D eigenvalue weighted by Gasteiger charge is -2.23. The van der Waals surface area contributed by atoms with Gasteiger partial charge in [-0.25, -0.2) is 4.99 Å². The Kier molecular flexibility index (Phi) is 7.15. The second-order valence-electron chi connectivity index (χ2n) is 5.52. The normalized spacial score (nSPS) is 12.8. The van der Waals surface area contributed by atoms with Gasteiger partial charge in [-0.3, -0.25) is 0 Å². The van der Waals surface area contributed by atoms with Gasteiger partial charge >= 0.3 is 6.18 Å². The Bertz CT molecular complexity index is 544. The maximum Gasteiger partial charge on any atom is 0.416 e. The van der Waals surface area contributed by atoms with Gasteiger partial charge in [-0.15, -0.1) is 11.6 Å². The van der Waals surface area contributed by atoms with Gasteiger partial charge in [0.15, 0.2) is 0 Å². The van der Waals surface area contributed by atoms with E-state index in [4.69, 9.17) is 17.3 Å². The third-order valence-corrected chi connectivity index (χ3v) is 3.49. The van der Waals surface area contributed by atoms with E-state index in [0.29, 0.717) is 12.2 Å². The van der Waals surface area contributed by atoms with Crippen LogP contribution in [0.4, 0.5) is 24.5 Å². The first kappa shape index (κ1) is 19.6. The van der Waals surface area contributed by atoms with E-state index in [1.807, 2.05) is 30.9 Å². The zero-order valence-corrected chi connectivity index (χ0v) is 14.2. The summed E-state index contributed by atoms with van der Waals surface area (Å²) in [5, 5.41) is 0. The van der Waals surface area contributed by atoms with Crippen LogP contribution in [0.25, 0.3) is 0 Å². The summed E-state index contributed by atoms with van der Waals surface area (Å²) in [4.78, 5) is 7.94. The molecule has 1 rings (SSSR count). The second-order valence-corrected chi connectivity index (χ2v) is 5.78. The Morgan fingerprint density at radius 1 is 1.22 bits per heavy atom. The number of halogens is 4. The van der Waals surface area contributed by atoms with E-state index in [1.54, 1.807) is 0 Å². The Hall–Kier alpha value is -1.47.